The van der Waals surface area contributed by atoms with Crippen LogP contribution in [0.1, 0.15) is 30.9 Å². The van der Waals surface area contributed by atoms with Gasteiger partial charge < -0.3 is 15.1 Å². The number of hydrogen-bond acceptors (Lipinski definition) is 3. The maximum atomic E-state index is 12.8. The van der Waals surface area contributed by atoms with Gasteiger partial charge in [0.25, 0.3) is 0 Å². The fraction of sp³-hybridized carbons (Fsp3) is 0.348. The molecule has 0 radical (unpaired) electrons. The number of nitrogens with zero attached hydrogens (tertiary/aromatic N) is 2. The summed E-state index contributed by atoms with van der Waals surface area (Å²) in [6.45, 7) is 4.71. The SMILES string of the molecule is CCC(=O)N1CCc2cc(N3C[C@H](C(=O)Nc4cccc(Cl)c4C)CC3=O)ccc21. The zero-order chi connectivity index (χ0) is 21.4. The van der Waals surface area contributed by atoms with Crippen molar-refractivity contribution in [3.05, 3.63) is 52.5 Å². The number of anilines is 3. The van der Waals surface area contributed by atoms with Gasteiger partial charge in [0.1, 0.15) is 0 Å². The van der Waals surface area contributed by atoms with Crippen LogP contribution in [0.2, 0.25) is 5.02 Å². The maximum absolute atomic E-state index is 12.8. The lowest BCUT2D eigenvalue weighted by Gasteiger charge is -2.20. The van der Waals surface area contributed by atoms with Crippen molar-refractivity contribution in [2.45, 2.75) is 33.1 Å². The van der Waals surface area contributed by atoms with Gasteiger partial charge >= 0.3 is 0 Å². The first-order chi connectivity index (χ1) is 14.4. The molecular weight excluding hydrogens is 402 g/mol. The number of amides is 3. The maximum Gasteiger partial charge on any atom is 0.229 e. The van der Waals surface area contributed by atoms with Crippen molar-refractivity contribution in [3.8, 4) is 0 Å². The highest BCUT2D eigenvalue weighted by atomic mass is 35.5. The van der Waals surface area contributed by atoms with E-state index < -0.39 is 5.92 Å². The number of rotatable bonds is 4. The average molecular weight is 426 g/mol. The molecule has 0 unspecified atom stereocenters. The Morgan fingerprint density at radius 3 is 2.80 bits per heavy atom. The minimum absolute atomic E-state index is 0.0718. The Balaban J connectivity index is 1.48. The van der Waals surface area contributed by atoms with E-state index in [1.54, 1.807) is 28.0 Å². The lowest BCUT2D eigenvalue weighted by molar-refractivity contribution is -0.122. The molecule has 2 heterocycles. The van der Waals surface area contributed by atoms with Gasteiger partial charge in [-0.15, -0.1) is 0 Å². The smallest absolute Gasteiger partial charge is 0.229 e. The first-order valence-corrected chi connectivity index (χ1v) is 10.6. The Hall–Kier alpha value is -2.86. The third kappa shape index (κ3) is 3.67. The molecule has 2 aromatic carbocycles. The highest BCUT2D eigenvalue weighted by molar-refractivity contribution is 6.31. The molecule has 0 saturated carbocycles. The summed E-state index contributed by atoms with van der Waals surface area (Å²) in [6, 6.07) is 11.1. The van der Waals surface area contributed by atoms with Crippen molar-refractivity contribution >= 4 is 46.4 Å². The molecule has 0 aromatic heterocycles. The number of benzene rings is 2. The molecule has 3 amide bonds. The van der Waals surface area contributed by atoms with E-state index in [9.17, 15) is 14.4 Å². The molecule has 0 aliphatic carbocycles. The summed E-state index contributed by atoms with van der Waals surface area (Å²) >= 11 is 6.13. The zero-order valence-corrected chi connectivity index (χ0v) is 17.8. The number of halogens is 1. The van der Waals surface area contributed by atoms with Crippen LogP contribution >= 0.6 is 11.6 Å². The molecule has 4 rings (SSSR count). The Morgan fingerprint density at radius 1 is 1.23 bits per heavy atom. The molecule has 0 bridgehead atoms. The Bertz CT molecular complexity index is 1040. The van der Waals surface area contributed by atoms with E-state index in [-0.39, 0.29) is 24.1 Å². The van der Waals surface area contributed by atoms with Gasteiger partial charge in [0.2, 0.25) is 17.7 Å². The molecule has 30 heavy (non-hydrogen) atoms. The molecule has 0 spiro atoms. The molecule has 1 saturated heterocycles. The summed E-state index contributed by atoms with van der Waals surface area (Å²) in [5.41, 5.74) is 4.22. The van der Waals surface area contributed by atoms with Gasteiger partial charge in [-0.2, -0.15) is 0 Å². The highest BCUT2D eigenvalue weighted by Gasteiger charge is 2.36. The van der Waals surface area contributed by atoms with E-state index in [0.717, 1.165) is 28.9 Å². The van der Waals surface area contributed by atoms with Gasteiger partial charge in [-0.25, -0.2) is 0 Å². The van der Waals surface area contributed by atoms with Gasteiger partial charge in [0.05, 0.1) is 5.92 Å². The van der Waals surface area contributed by atoms with E-state index in [4.69, 9.17) is 11.6 Å². The molecule has 1 fully saturated rings. The first-order valence-electron chi connectivity index (χ1n) is 10.2. The second kappa shape index (κ2) is 8.11. The van der Waals surface area contributed by atoms with Gasteiger partial charge in [-0.05, 0) is 54.8 Å². The lowest BCUT2D eigenvalue weighted by atomic mass is 10.1. The average Bonchev–Trinajstić information content (AvgIpc) is 3.34. The quantitative estimate of drug-likeness (QED) is 0.806. The second-order valence-electron chi connectivity index (χ2n) is 7.77. The van der Waals surface area contributed by atoms with Gasteiger partial charge in [-0.3, -0.25) is 14.4 Å². The minimum atomic E-state index is -0.428. The Morgan fingerprint density at radius 2 is 2.03 bits per heavy atom. The summed E-state index contributed by atoms with van der Waals surface area (Å²) in [4.78, 5) is 41.0. The van der Waals surface area contributed by atoms with Crippen LogP contribution in [0.25, 0.3) is 0 Å². The largest absolute Gasteiger partial charge is 0.325 e. The van der Waals surface area contributed by atoms with Gasteiger partial charge in [0.15, 0.2) is 0 Å². The number of carbonyl (C=O) groups excluding carboxylic acids is 3. The zero-order valence-electron chi connectivity index (χ0n) is 17.1. The fourth-order valence-corrected chi connectivity index (χ4v) is 4.29. The molecule has 7 heteroatoms. The topological polar surface area (TPSA) is 69.7 Å². The number of hydrogen-bond donors (Lipinski definition) is 1. The van der Waals surface area contributed by atoms with Crippen molar-refractivity contribution in [1.29, 1.82) is 0 Å². The summed E-state index contributed by atoms with van der Waals surface area (Å²) in [5, 5.41) is 3.49. The monoisotopic (exact) mass is 425 g/mol. The molecule has 6 nitrogen and oxygen atoms in total. The molecule has 2 aromatic rings. The van der Waals surface area contributed by atoms with E-state index >= 15 is 0 Å². The minimum Gasteiger partial charge on any atom is -0.325 e. The molecule has 156 valence electrons. The van der Waals surface area contributed by atoms with Crippen LogP contribution in [0.4, 0.5) is 17.1 Å². The fourth-order valence-electron chi connectivity index (χ4n) is 4.12. The number of carbonyl (C=O) groups is 3. The van der Waals surface area contributed by atoms with Crippen LogP contribution in [0.15, 0.2) is 36.4 Å². The molecule has 1 atom stereocenters. The molecule has 2 aliphatic rings. The van der Waals surface area contributed by atoms with E-state index in [1.807, 2.05) is 32.0 Å². The predicted molar refractivity (Wildman–Crippen MR) is 118 cm³/mol. The summed E-state index contributed by atoms with van der Waals surface area (Å²) in [6.07, 6.45) is 1.41. The summed E-state index contributed by atoms with van der Waals surface area (Å²) in [5.74, 6) is -0.580. The third-order valence-electron chi connectivity index (χ3n) is 5.90. The first kappa shape index (κ1) is 20.4. The standard InChI is InChI=1S/C23H24ClN3O3/c1-3-21(28)26-10-9-15-11-17(7-8-20(15)26)27-13-16(12-22(27)29)23(30)25-19-6-4-5-18(24)14(19)2/h4-8,11,16H,3,9-10,12-13H2,1-2H3,(H,25,30)/t16-/m1/s1. The van der Waals surface area contributed by atoms with Crippen molar-refractivity contribution in [2.75, 3.05) is 28.2 Å². The molecular formula is C23H24ClN3O3. The Labute approximate surface area is 180 Å². The van der Waals surface area contributed by atoms with E-state index in [1.165, 1.54) is 0 Å². The number of nitrogens with one attached hydrogen (secondary N) is 1. The van der Waals surface area contributed by atoms with Crippen LogP contribution in [-0.4, -0.2) is 30.8 Å². The van der Waals surface area contributed by atoms with E-state index in [2.05, 4.69) is 5.32 Å². The van der Waals surface area contributed by atoms with Crippen molar-refractivity contribution in [3.63, 3.8) is 0 Å². The van der Waals surface area contributed by atoms with Crippen molar-refractivity contribution in [1.82, 2.24) is 0 Å². The van der Waals surface area contributed by atoms with Crippen molar-refractivity contribution < 1.29 is 14.4 Å². The predicted octanol–water partition coefficient (Wildman–Crippen LogP) is 3.94. The summed E-state index contributed by atoms with van der Waals surface area (Å²) in [7, 11) is 0. The third-order valence-corrected chi connectivity index (χ3v) is 6.30. The molecule has 2 aliphatic heterocycles. The van der Waals surface area contributed by atoms with Gasteiger partial charge in [-0.1, -0.05) is 24.6 Å². The van der Waals surface area contributed by atoms with Crippen LogP contribution in [0.3, 0.4) is 0 Å². The van der Waals surface area contributed by atoms with E-state index in [0.29, 0.717) is 30.2 Å². The van der Waals surface area contributed by atoms with Crippen LogP contribution < -0.4 is 15.1 Å². The van der Waals surface area contributed by atoms with Crippen LogP contribution in [0, 0.1) is 12.8 Å². The highest BCUT2D eigenvalue weighted by Crippen LogP contribution is 2.34. The number of fused-ring (bicyclic) bond motifs is 1. The van der Waals surface area contributed by atoms with Gasteiger partial charge in [0, 0.05) is 48.0 Å². The summed E-state index contributed by atoms with van der Waals surface area (Å²) < 4.78 is 0. The van der Waals surface area contributed by atoms with Crippen molar-refractivity contribution in [2.24, 2.45) is 5.92 Å². The normalized spacial score (nSPS) is 18.0. The Kier molecular flexibility index (Phi) is 5.52. The second-order valence-corrected chi connectivity index (χ2v) is 8.18. The van der Waals surface area contributed by atoms with Crippen LogP contribution in [-0.2, 0) is 20.8 Å². The lowest BCUT2D eigenvalue weighted by Crippen LogP contribution is -2.28. The van der Waals surface area contributed by atoms with Crippen LogP contribution in [0.5, 0.6) is 0 Å². The molecule has 1 N–H and O–H groups in total.